The highest BCUT2D eigenvalue weighted by Gasteiger charge is 2.40. The number of benzene rings is 3. The van der Waals surface area contributed by atoms with Crippen LogP contribution in [0.1, 0.15) is 37.3 Å². The van der Waals surface area contributed by atoms with Crippen molar-refractivity contribution < 1.29 is 19.1 Å². The second kappa shape index (κ2) is 12.2. The Morgan fingerprint density at radius 3 is 2.38 bits per heavy atom. The fourth-order valence-electron chi connectivity index (χ4n) is 5.70. The number of carbonyl (C=O) groups is 3. The first-order chi connectivity index (χ1) is 18.3. The molecule has 2 aliphatic rings. The Morgan fingerprint density at radius 1 is 1.00 bits per heavy atom. The van der Waals surface area contributed by atoms with Gasteiger partial charge in [0.1, 0.15) is 0 Å². The van der Waals surface area contributed by atoms with Crippen LogP contribution in [-0.2, 0) is 25.7 Å². The quantitative estimate of drug-likeness (QED) is 0.468. The summed E-state index contributed by atoms with van der Waals surface area (Å²) < 4.78 is 5.48. The van der Waals surface area contributed by atoms with E-state index in [4.69, 9.17) is 10.5 Å². The van der Waals surface area contributed by atoms with E-state index < -0.39 is 17.7 Å². The molecule has 39 heavy (non-hydrogen) atoms. The maximum Gasteiger partial charge on any atom is 0.233 e. The maximum absolute atomic E-state index is 14.2. The number of para-hydroxylation sites is 2. The van der Waals surface area contributed by atoms with E-state index >= 15 is 0 Å². The molecule has 1 unspecified atom stereocenters. The van der Waals surface area contributed by atoms with Gasteiger partial charge >= 0.3 is 0 Å². The normalized spacial score (nSPS) is 18.7. The van der Waals surface area contributed by atoms with Crippen LogP contribution >= 0.6 is 12.4 Å². The van der Waals surface area contributed by atoms with E-state index in [1.165, 1.54) is 0 Å². The lowest BCUT2D eigenvalue weighted by molar-refractivity contribution is -0.131. The van der Waals surface area contributed by atoms with Gasteiger partial charge < -0.3 is 20.3 Å². The van der Waals surface area contributed by atoms with Crippen LogP contribution in [0.25, 0.3) is 10.8 Å². The highest BCUT2D eigenvalue weighted by atomic mass is 35.5. The number of halogens is 1. The number of rotatable bonds is 6. The van der Waals surface area contributed by atoms with E-state index in [-0.39, 0.29) is 36.7 Å². The number of ether oxygens (including phenoxy) is 1. The predicted molar refractivity (Wildman–Crippen MR) is 156 cm³/mol. The van der Waals surface area contributed by atoms with Crippen LogP contribution in [0.5, 0.6) is 0 Å². The molecule has 2 aliphatic heterocycles. The van der Waals surface area contributed by atoms with Gasteiger partial charge in [0, 0.05) is 32.1 Å². The molecule has 1 fully saturated rings. The monoisotopic (exact) mass is 549 g/mol. The molecule has 0 radical (unpaired) electrons. The highest BCUT2D eigenvalue weighted by molar-refractivity contribution is 6.07. The Bertz CT molecular complexity index is 1370. The predicted octanol–water partition coefficient (Wildman–Crippen LogP) is 5.00. The van der Waals surface area contributed by atoms with Gasteiger partial charge in [0.05, 0.1) is 23.8 Å². The molecule has 5 rings (SSSR count). The van der Waals surface area contributed by atoms with E-state index in [9.17, 15) is 14.4 Å². The van der Waals surface area contributed by atoms with Crippen LogP contribution in [-0.4, -0.2) is 37.5 Å². The summed E-state index contributed by atoms with van der Waals surface area (Å²) >= 11 is 0. The summed E-state index contributed by atoms with van der Waals surface area (Å²) in [5, 5.41) is 2.17. The Balaban J connectivity index is 0.00000353. The number of nitrogens with zero attached hydrogens (tertiary/aromatic N) is 2. The zero-order chi connectivity index (χ0) is 26.8. The molecule has 8 heteroatoms. The summed E-state index contributed by atoms with van der Waals surface area (Å²) in [6, 6.07) is 19.8. The molecule has 3 aromatic carbocycles. The van der Waals surface area contributed by atoms with Crippen molar-refractivity contribution in [3.05, 3.63) is 71.8 Å². The average Bonchev–Trinajstić information content (AvgIpc) is 3.05. The molecule has 1 saturated heterocycles. The number of carbonyl (C=O) groups excluding carboxylic acids is 3. The van der Waals surface area contributed by atoms with Gasteiger partial charge in [0.2, 0.25) is 17.7 Å². The third-order valence-electron chi connectivity index (χ3n) is 8.17. The van der Waals surface area contributed by atoms with Crippen molar-refractivity contribution in [2.24, 2.45) is 23.5 Å². The molecular formula is C31H36ClN3O4. The van der Waals surface area contributed by atoms with Crippen LogP contribution in [0.4, 0.5) is 11.4 Å². The maximum atomic E-state index is 14.2. The third-order valence-corrected chi connectivity index (χ3v) is 8.17. The molecule has 206 valence electrons. The van der Waals surface area contributed by atoms with Gasteiger partial charge in [0.25, 0.3) is 0 Å². The van der Waals surface area contributed by atoms with Crippen LogP contribution in [0.3, 0.4) is 0 Å². The van der Waals surface area contributed by atoms with Gasteiger partial charge in [-0.05, 0) is 59.7 Å². The van der Waals surface area contributed by atoms with Crippen LogP contribution in [0, 0.1) is 24.7 Å². The molecular weight excluding hydrogens is 514 g/mol. The smallest absolute Gasteiger partial charge is 0.233 e. The fourth-order valence-corrected chi connectivity index (χ4v) is 5.70. The second-order valence-electron chi connectivity index (χ2n) is 10.6. The fraction of sp³-hybridized carbons (Fsp3) is 0.387. The first-order valence-corrected chi connectivity index (χ1v) is 13.4. The van der Waals surface area contributed by atoms with Crippen molar-refractivity contribution in [1.29, 1.82) is 0 Å². The van der Waals surface area contributed by atoms with Gasteiger partial charge in [-0.3, -0.25) is 14.4 Å². The Morgan fingerprint density at radius 2 is 1.67 bits per heavy atom. The van der Waals surface area contributed by atoms with E-state index in [0.29, 0.717) is 37.6 Å². The van der Waals surface area contributed by atoms with Crippen molar-refractivity contribution in [3.63, 3.8) is 0 Å². The minimum absolute atomic E-state index is 0. The number of primary amides is 1. The van der Waals surface area contributed by atoms with Crippen LogP contribution in [0.2, 0.25) is 0 Å². The summed E-state index contributed by atoms with van der Waals surface area (Å²) in [5.74, 6) is -2.03. The Hall–Kier alpha value is -3.42. The number of amides is 3. The van der Waals surface area contributed by atoms with E-state index in [0.717, 1.165) is 34.7 Å². The summed E-state index contributed by atoms with van der Waals surface area (Å²) in [6.07, 6.45) is 2.06. The summed E-state index contributed by atoms with van der Waals surface area (Å²) in [4.78, 5) is 43.8. The van der Waals surface area contributed by atoms with Crippen molar-refractivity contribution >= 4 is 52.3 Å². The lowest BCUT2D eigenvalue weighted by Gasteiger charge is -2.29. The average molecular weight is 550 g/mol. The molecule has 2 N–H and O–H groups in total. The Labute approximate surface area is 235 Å². The molecule has 3 amide bonds. The van der Waals surface area contributed by atoms with Crippen LogP contribution in [0.15, 0.2) is 60.7 Å². The first kappa shape index (κ1) is 28.6. The third kappa shape index (κ3) is 5.80. The molecule has 0 spiro atoms. The molecule has 0 bridgehead atoms. The first-order valence-electron chi connectivity index (χ1n) is 13.4. The van der Waals surface area contributed by atoms with Crippen molar-refractivity contribution in [2.45, 2.75) is 39.7 Å². The number of hydrogen-bond acceptors (Lipinski definition) is 4. The Kier molecular flexibility index (Phi) is 8.93. The molecule has 3 aromatic rings. The zero-order valence-electron chi connectivity index (χ0n) is 22.5. The minimum atomic E-state index is -0.756. The highest BCUT2D eigenvalue weighted by Crippen LogP contribution is 2.39. The zero-order valence-corrected chi connectivity index (χ0v) is 23.3. The van der Waals surface area contributed by atoms with Gasteiger partial charge in [-0.1, -0.05) is 55.5 Å². The van der Waals surface area contributed by atoms with Gasteiger partial charge in [-0.15, -0.1) is 12.4 Å². The molecule has 0 aromatic heterocycles. The van der Waals surface area contributed by atoms with Crippen molar-refractivity contribution in [3.8, 4) is 0 Å². The summed E-state index contributed by atoms with van der Waals surface area (Å²) in [7, 11) is 0. The molecule has 0 aliphatic carbocycles. The lowest BCUT2D eigenvalue weighted by atomic mass is 9.90. The summed E-state index contributed by atoms with van der Waals surface area (Å²) in [5.41, 5.74) is 9.20. The largest absolute Gasteiger partial charge is 0.381 e. The number of aryl methyl sites for hydroxylation is 1. The number of anilines is 2. The topological polar surface area (TPSA) is 92.9 Å². The summed E-state index contributed by atoms with van der Waals surface area (Å²) in [6.45, 7) is 5.49. The molecule has 0 saturated carbocycles. The lowest BCUT2D eigenvalue weighted by Crippen LogP contribution is -2.46. The SMILES string of the molecule is Cc1ccc2ccccc2c1CN1C(=O)[C@@H](C(C)C(N)=O)CN(C(=O)CC2CCOCC2)c2ccccc21.Cl. The van der Waals surface area contributed by atoms with E-state index in [1.54, 1.807) is 16.7 Å². The molecule has 2 atom stereocenters. The second-order valence-corrected chi connectivity index (χ2v) is 10.6. The van der Waals surface area contributed by atoms with Crippen LogP contribution < -0.4 is 15.5 Å². The number of nitrogens with two attached hydrogens (primary N) is 1. The minimum Gasteiger partial charge on any atom is -0.381 e. The van der Waals surface area contributed by atoms with Gasteiger partial charge in [-0.2, -0.15) is 0 Å². The number of hydrogen-bond donors (Lipinski definition) is 1. The standard InChI is InChI=1S/C31H35N3O4.ClH/c1-20-11-12-23-7-3-4-8-24(23)25(20)18-34-28-10-6-5-9-27(28)33(19-26(31(34)37)21(2)30(32)36)29(35)17-22-13-15-38-16-14-22;/h3-12,21-22,26H,13-19H2,1-2H3,(H2,32,36);1H/t21?,26-;/m1./s1. The number of fused-ring (bicyclic) bond motifs is 2. The van der Waals surface area contributed by atoms with Crippen molar-refractivity contribution in [2.75, 3.05) is 29.6 Å². The van der Waals surface area contributed by atoms with Crippen molar-refractivity contribution in [1.82, 2.24) is 0 Å². The van der Waals surface area contributed by atoms with Gasteiger partial charge in [0.15, 0.2) is 0 Å². The van der Waals surface area contributed by atoms with Gasteiger partial charge in [-0.25, -0.2) is 0 Å². The van der Waals surface area contributed by atoms with E-state index in [2.05, 4.69) is 24.3 Å². The van der Waals surface area contributed by atoms with E-state index in [1.807, 2.05) is 43.3 Å². The molecule has 7 nitrogen and oxygen atoms in total. The molecule has 2 heterocycles.